The van der Waals surface area contributed by atoms with E-state index >= 15 is 0 Å². The lowest BCUT2D eigenvalue weighted by Crippen LogP contribution is -2.17. The summed E-state index contributed by atoms with van der Waals surface area (Å²) in [6, 6.07) is 22.5. The first-order valence-corrected chi connectivity index (χ1v) is 8.87. The molecule has 1 N–H and O–H groups in total. The molecular weight excluding hydrogens is 408 g/mol. The van der Waals surface area contributed by atoms with E-state index in [1.54, 1.807) is 72.8 Å². The Bertz CT molecular complexity index is 953. The standard InChI is InChI=1S/C21H15BrN2O3/c22-18-10-8-17(9-11-18)21(26)27-19-12-6-15(7-13-19)14-23-24-20(25)16-4-2-1-3-5-16/h1-14H,(H,24,25)/b23-14+. The van der Waals surface area contributed by atoms with Gasteiger partial charge in [-0.3, -0.25) is 4.79 Å². The summed E-state index contributed by atoms with van der Waals surface area (Å²) in [7, 11) is 0. The number of carbonyl (C=O) groups is 2. The highest BCUT2D eigenvalue weighted by Crippen LogP contribution is 2.15. The minimum absolute atomic E-state index is 0.285. The highest BCUT2D eigenvalue weighted by molar-refractivity contribution is 9.10. The molecule has 134 valence electrons. The number of halogens is 1. The van der Waals surface area contributed by atoms with Crippen molar-refractivity contribution in [3.05, 3.63) is 100 Å². The third kappa shape index (κ3) is 5.36. The summed E-state index contributed by atoms with van der Waals surface area (Å²) in [5.74, 6) is -0.292. The summed E-state index contributed by atoms with van der Waals surface area (Å²) in [5.41, 5.74) is 4.22. The monoisotopic (exact) mass is 422 g/mol. The number of benzene rings is 3. The molecule has 0 aliphatic heterocycles. The van der Waals surface area contributed by atoms with Crippen molar-refractivity contribution in [1.82, 2.24) is 5.43 Å². The van der Waals surface area contributed by atoms with Gasteiger partial charge in [-0.2, -0.15) is 5.10 Å². The second-order valence-electron chi connectivity index (χ2n) is 5.53. The molecule has 6 heteroatoms. The van der Waals surface area contributed by atoms with Crippen molar-refractivity contribution in [2.24, 2.45) is 5.10 Å². The molecule has 0 atom stereocenters. The Balaban J connectivity index is 1.56. The minimum Gasteiger partial charge on any atom is -0.423 e. The van der Waals surface area contributed by atoms with Crippen LogP contribution < -0.4 is 10.2 Å². The zero-order chi connectivity index (χ0) is 19.1. The molecule has 0 saturated heterocycles. The van der Waals surface area contributed by atoms with Crippen LogP contribution in [-0.2, 0) is 0 Å². The van der Waals surface area contributed by atoms with Crippen LogP contribution in [0.5, 0.6) is 5.75 Å². The van der Waals surface area contributed by atoms with Gasteiger partial charge in [-0.05, 0) is 66.2 Å². The van der Waals surface area contributed by atoms with E-state index in [1.807, 2.05) is 6.07 Å². The third-order valence-corrected chi connectivity index (χ3v) is 4.11. The van der Waals surface area contributed by atoms with Crippen molar-refractivity contribution in [1.29, 1.82) is 0 Å². The third-order valence-electron chi connectivity index (χ3n) is 3.59. The quantitative estimate of drug-likeness (QED) is 0.286. The Kier molecular flexibility index (Phi) is 6.12. The molecule has 0 bridgehead atoms. The molecule has 3 aromatic carbocycles. The van der Waals surface area contributed by atoms with E-state index in [0.717, 1.165) is 10.0 Å². The highest BCUT2D eigenvalue weighted by atomic mass is 79.9. The molecule has 0 fully saturated rings. The van der Waals surface area contributed by atoms with Gasteiger partial charge in [-0.25, -0.2) is 10.2 Å². The van der Waals surface area contributed by atoms with E-state index in [2.05, 4.69) is 26.5 Å². The Morgan fingerprint density at radius 1 is 0.852 bits per heavy atom. The number of esters is 1. The molecule has 5 nitrogen and oxygen atoms in total. The van der Waals surface area contributed by atoms with Crippen LogP contribution in [0.1, 0.15) is 26.3 Å². The van der Waals surface area contributed by atoms with Crippen LogP contribution in [0.3, 0.4) is 0 Å². The number of rotatable bonds is 5. The summed E-state index contributed by atoms with van der Waals surface area (Å²) >= 11 is 3.32. The smallest absolute Gasteiger partial charge is 0.343 e. The van der Waals surface area contributed by atoms with Crippen LogP contribution in [0.2, 0.25) is 0 Å². The fourth-order valence-corrected chi connectivity index (χ4v) is 2.46. The van der Waals surface area contributed by atoms with E-state index in [9.17, 15) is 9.59 Å². The van der Waals surface area contributed by atoms with E-state index in [-0.39, 0.29) is 5.91 Å². The molecule has 0 radical (unpaired) electrons. The van der Waals surface area contributed by atoms with Crippen LogP contribution in [0, 0.1) is 0 Å². The molecule has 0 spiro atoms. The van der Waals surface area contributed by atoms with Gasteiger partial charge in [0.15, 0.2) is 0 Å². The Labute approximate surface area is 164 Å². The number of hydrogen-bond donors (Lipinski definition) is 1. The number of carbonyl (C=O) groups excluding carboxylic acids is 2. The Hall–Kier alpha value is -3.25. The van der Waals surface area contributed by atoms with Gasteiger partial charge in [0.1, 0.15) is 5.75 Å². The van der Waals surface area contributed by atoms with Gasteiger partial charge in [-0.1, -0.05) is 34.1 Å². The largest absolute Gasteiger partial charge is 0.423 e. The van der Waals surface area contributed by atoms with Crippen LogP contribution >= 0.6 is 15.9 Å². The first-order valence-electron chi connectivity index (χ1n) is 8.08. The normalized spacial score (nSPS) is 10.6. The molecule has 3 aromatic rings. The molecule has 0 aliphatic rings. The van der Waals surface area contributed by atoms with Gasteiger partial charge in [0.25, 0.3) is 5.91 Å². The van der Waals surface area contributed by atoms with E-state index in [1.165, 1.54) is 6.21 Å². The summed E-state index contributed by atoms with van der Waals surface area (Å²) in [4.78, 5) is 24.0. The maximum atomic E-state index is 12.1. The lowest BCUT2D eigenvalue weighted by Gasteiger charge is -2.05. The maximum absolute atomic E-state index is 12.1. The molecule has 3 rings (SSSR count). The lowest BCUT2D eigenvalue weighted by atomic mass is 10.2. The van der Waals surface area contributed by atoms with Crippen LogP contribution in [0.4, 0.5) is 0 Å². The van der Waals surface area contributed by atoms with Crippen molar-refractivity contribution >= 4 is 34.0 Å². The molecule has 1 amide bonds. The predicted octanol–water partition coefficient (Wildman–Crippen LogP) is 4.43. The van der Waals surface area contributed by atoms with Crippen molar-refractivity contribution in [2.75, 3.05) is 0 Å². The number of nitrogens with one attached hydrogen (secondary N) is 1. The molecule has 0 unspecified atom stereocenters. The van der Waals surface area contributed by atoms with Crippen LogP contribution in [-0.4, -0.2) is 18.1 Å². The fraction of sp³-hybridized carbons (Fsp3) is 0. The van der Waals surface area contributed by atoms with E-state index in [0.29, 0.717) is 16.9 Å². The van der Waals surface area contributed by atoms with Gasteiger partial charge >= 0.3 is 5.97 Å². The molecule has 0 aliphatic carbocycles. The van der Waals surface area contributed by atoms with Crippen molar-refractivity contribution < 1.29 is 14.3 Å². The predicted molar refractivity (Wildman–Crippen MR) is 107 cm³/mol. The summed E-state index contributed by atoms with van der Waals surface area (Å²) in [6.45, 7) is 0. The first kappa shape index (κ1) is 18.5. The summed E-state index contributed by atoms with van der Waals surface area (Å²) < 4.78 is 6.22. The highest BCUT2D eigenvalue weighted by Gasteiger charge is 2.08. The van der Waals surface area contributed by atoms with Crippen LogP contribution in [0.25, 0.3) is 0 Å². The van der Waals surface area contributed by atoms with Crippen molar-refractivity contribution in [3.63, 3.8) is 0 Å². The second-order valence-corrected chi connectivity index (χ2v) is 6.45. The molecule has 0 heterocycles. The zero-order valence-electron chi connectivity index (χ0n) is 14.1. The zero-order valence-corrected chi connectivity index (χ0v) is 15.7. The van der Waals surface area contributed by atoms with Crippen molar-refractivity contribution in [3.8, 4) is 5.75 Å². The number of nitrogens with zero attached hydrogens (tertiary/aromatic N) is 1. The summed E-state index contributed by atoms with van der Waals surface area (Å²) in [6.07, 6.45) is 1.52. The minimum atomic E-state index is -0.431. The number of hydrazone groups is 1. The Morgan fingerprint density at radius 3 is 2.19 bits per heavy atom. The average molecular weight is 423 g/mol. The second kappa shape index (κ2) is 8.91. The molecule has 0 aromatic heterocycles. The SMILES string of the molecule is O=C(N/N=C/c1ccc(OC(=O)c2ccc(Br)cc2)cc1)c1ccccc1. The topological polar surface area (TPSA) is 67.8 Å². The van der Waals surface area contributed by atoms with E-state index < -0.39 is 5.97 Å². The molecule has 0 saturated carbocycles. The van der Waals surface area contributed by atoms with Gasteiger partial charge in [0.2, 0.25) is 0 Å². The first-order chi connectivity index (χ1) is 13.1. The van der Waals surface area contributed by atoms with Gasteiger partial charge < -0.3 is 4.74 Å². The van der Waals surface area contributed by atoms with Gasteiger partial charge in [0, 0.05) is 10.0 Å². The molecular formula is C21H15BrN2O3. The maximum Gasteiger partial charge on any atom is 0.343 e. The van der Waals surface area contributed by atoms with Crippen LogP contribution in [0.15, 0.2) is 88.4 Å². The summed E-state index contributed by atoms with van der Waals surface area (Å²) in [5, 5.41) is 3.93. The molecule has 27 heavy (non-hydrogen) atoms. The lowest BCUT2D eigenvalue weighted by molar-refractivity contribution is 0.0734. The number of ether oxygens (including phenoxy) is 1. The van der Waals surface area contributed by atoms with Crippen molar-refractivity contribution in [2.45, 2.75) is 0 Å². The average Bonchev–Trinajstić information content (AvgIpc) is 2.70. The number of hydrogen-bond acceptors (Lipinski definition) is 4. The Morgan fingerprint density at radius 2 is 1.52 bits per heavy atom. The fourth-order valence-electron chi connectivity index (χ4n) is 2.19. The van der Waals surface area contributed by atoms with Gasteiger partial charge in [0.05, 0.1) is 11.8 Å². The van der Waals surface area contributed by atoms with E-state index in [4.69, 9.17) is 4.74 Å². The number of amides is 1. The van der Waals surface area contributed by atoms with Gasteiger partial charge in [-0.15, -0.1) is 0 Å².